The normalized spacial score (nSPS) is 11.8. The molecule has 4 rings (SSSR count). The van der Waals surface area contributed by atoms with Crippen molar-refractivity contribution in [3.63, 3.8) is 0 Å². The number of non-ortho nitro benzene ring substituents is 2. The fourth-order valence-electron chi connectivity index (χ4n) is 3.08. The van der Waals surface area contributed by atoms with Gasteiger partial charge in [-0.15, -0.1) is 0 Å². The maximum absolute atomic E-state index is 11.6. The highest BCUT2D eigenvalue weighted by atomic mass is 16.6. The first-order valence-corrected chi connectivity index (χ1v) is 8.15. The molecule has 11 heteroatoms. The van der Waals surface area contributed by atoms with Gasteiger partial charge >= 0.3 is 0 Å². The highest BCUT2D eigenvalue weighted by Gasteiger charge is 2.32. The van der Waals surface area contributed by atoms with E-state index in [2.05, 4.69) is 0 Å². The molecule has 0 saturated carbocycles. The zero-order valence-electron chi connectivity index (χ0n) is 14.4. The van der Waals surface area contributed by atoms with Crippen LogP contribution < -0.4 is 9.64 Å². The molecule has 0 bridgehead atoms. The van der Waals surface area contributed by atoms with Gasteiger partial charge in [0.25, 0.3) is 17.1 Å². The number of hydrogen-bond acceptors (Lipinski definition) is 8. The molecule has 29 heavy (non-hydrogen) atoms. The molecular formula is C18H10N4O7. The molecule has 0 aromatic heterocycles. The topological polar surface area (TPSA) is 142 Å². The fourth-order valence-corrected chi connectivity index (χ4v) is 3.08. The monoisotopic (exact) mass is 394 g/mol. The average Bonchev–Trinajstić information content (AvgIpc) is 2.71. The van der Waals surface area contributed by atoms with E-state index in [1.165, 1.54) is 29.2 Å². The van der Waals surface area contributed by atoms with Crippen molar-refractivity contribution >= 4 is 34.1 Å². The Morgan fingerprint density at radius 1 is 0.655 bits per heavy atom. The van der Waals surface area contributed by atoms with E-state index in [-0.39, 0.29) is 17.1 Å². The zero-order chi connectivity index (χ0) is 20.7. The van der Waals surface area contributed by atoms with Crippen molar-refractivity contribution in [2.45, 2.75) is 0 Å². The molecule has 1 aliphatic heterocycles. The first-order chi connectivity index (χ1) is 13.9. The Hall–Kier alpha value is -4.54. The first kappa shape index (κ1) is 17.9. The lowest BCUT2D eigenvalue weighted by Gasteiger charge is -2.32. The van der Waals surface area contributed by atoms with Crippen LogP contribution >= 0.6 is 0 Å². The second kappa shape index (κ2) is 6.56. The largest absolute Gasteiger partial charge is 0.453 e. The summed E-state index contributed by atoms with van der Waals surface area (Å²) in [5.74, 6) is 0.457. The van der Waals surface area contributed by atoms with Crippen molar-refractivity contribution in [2.75, 3.05) is 4.90 Å². The summed E-state index contributed by atoms with van der Waals surface area (Å²) in [6.45, 7) is 0. The maximum Gasteiger partial charge on any atom is 0.300 e. The van der Waals surface area contributed by atoms with Crippen LogP contribution in [0.2, 0.25) is 0 Å². The Morgan fingerprint density at radius 2 is 1.24 bits per heavy atom. The summed E-state index contributed by atoms with van der Waals surface area (Å²) in [6, 6.07) is 13.8. The predicted octanol–water partition coefficient (Wildman–Crippen LogP) is 4.99. The molecule has 0 fully saturated rings. The molecule has 1 heterocycles. The minimum absolute atomic E-state index is 0.0615. The molecule has 0 spiro atoms. The number of anilines is 3. The smallest absolute Gasteiger partial charge is 0.300 e. The standard InChI is InChI=1S/C18H10N4O7/c23-20(24)11-5-7-13(16(9-11)22(27)28)19-14-3-1-2-4-17(14)29-18-10-12(21(25)26)6-8-15(18)19/h1-10H. The van der Waals surface area contributed by atoms with E-state index in [9.17, 15) is 30.3 Å². The Bertz CT molecular complexity index is 1190. The number of hydrogen-bond donors (Lipinski definition) is 0. The van der Waals surface area contributed by atoms with E-state index in [0.717, 1.165) is 12.1 Å². The lowest BCUT2D eigenvalue weighted by atomic mass is 10.1. The van der Waals surface area contributed by atoms with Gasteiger partial charge in [-0.25, -0.2) is 0 Å². The van der Waals surface area contributed by atoms with Crippen LogP contribution in [0.15, 0.2) is 60.7 Å². The average molecular weight is 394 g/mol. The van der Waals surface area contributed by atoms with Crippen molar-refractivity contribution in [1.29, 1.82) is 0 Å². The molecule has 0 radical (unpaired) electrons. The Balaban J connectivity index is 1.98. The van der Waals surface area contributed by atoms with E-state index >= 15 is 0 Å². The van der Waals surface area contributed by atoms with Crippen molar-refractivity contribution in [2.24, 2.45) is 0 Å². The molecule has 0 amide bonds. The van der Waals surface area contributed by atoms with Gasteiger partial charge in [0, 0.05) is 12.1 Å². The Morgan fingerprint density at radius 3 is 1.90 bits per heavy atom. The second-order valence-electron chi connectivity index (χ2n) is 6.00. The molecule has 0 unspecified atom stereocenters. The minimum Gasteiger partial charge on any atom is -0.453 e. The molecule has 11 nitrogen and oxygen atoms in total. The van der Waals surface area contributed by atoms with E-state index in [4.69, 9.17) is 4.74 Å². The van der Waals surface area contributed by atoms with E-state index in [0.29, 0.717) is 17.1 Å². The van der Waals surface area contributed by atoms with Gasteiger partial charge in [-0.05, 0) is 24.3 Å². The van der Waals surface area contributed by atoms with Crippen LogP contribution in [0.5, 0.6) is 11.5 Å². The van der Waals surface area contributed by atoms with Crippen molar-refractivity contribution in [3.05, 3.63) is 91.0 Å². The van der Waals surface area contributed by atoms with Crippen LogP contribution in [0, 0.1) is 30.3 Å². The molecule has 0 atom stereocenters. The summed E-state index contributed by atoms with van der Waals surface area (Å²) in [5, 5.41) is 33.8. The van der Waals surface area contributed by atoms with E-state index < -0.39 is 26.1 Å². The van der Waals surface area contributed by atoms with Gasteiger partial charge in [0.2, 0.25) is 0 Å². The van der Waals surface area contributed by atoms with Crippen LogP contribution in [0.1, 0.15) is 0 Å². The van der Waals surface area contributed by atoms with Gasteiger partial charge in [0.15, 0.2) is 11.5 Å². The number of nitro benzene ring substituents is 3. The summed E-state index contributed by atoms with van der Waals surface area (Å²) in [5.41, 5.74) is -0.282. The number of nitro groups is 3. The minimum atomic E-state index is -0.721. The van der Waals surface area contributed by atoms with E-state index in [1.54, 1.807) is 24.3 Å². The SMILES string of the molecule is O=[N+]([O-])c1ccc2c(c1)Oc1ccccc1N2c1ccc([N+](=O)[O-])cc1[N+](=O)[O-]. The number of ether oxygens (including phenoxy) is 1. The van der Waals surface area contributed by atoms with Gasteiger partial charge in [0.05, 0.1) is 38.3 Å². The molecule has 0 N–H and O–H groups in total. The fraction of sp³-hybridized carbons (Fsp3) is 0. The van der Waals surface area contributed by atoms with Gasteiger partial charge in [-0.2, -0.15) is 0 Å². The first-order valence-electron chi connectivity index (χ1n) is 8.15. The van der Waals surface area contributed by atoms with Gasteiger partial charge in [-0.1, -0.05) is 12.1 Å². The predicted molar refractivity (Wildman–Crippen MR) is 101 cm³/mol. The van der Waals surface area contributed by atoms with E-state index in [1.807, 2.05) is 0 Å². The summed E-state index contributed by atoms with van der Waals surface area (Å²) in [7, 11) is 0. The number of benzene rings is 3. The third-order valence-corrected chi connectivity index (χ3v) is 4.33. The highest BCUT2D eigenvalue weighted by molar-refractivity contribution is 5.90. The molecule has 0 saturated heterocycles. The van der Waals surface area contributed by atoms with Crippen LogP contribution in [-0.2, 0) is 0 Å². The van der Waals surface area contributed by atoms with Crippen molar-refractivity contribution < 1.29 is 19.5 Å². The maximum atomic E-state index is 11.6. The number of nitrogens with zero attached hydrogens (tertiary/aromatic N) is 4. The lowest BCUT2D eigenvalue weighted by molar-refractivity contribution is -0.393. The summed E-state index contributed by atoms with van der Waals surface area (Å²) in [6.07, 6.45) is 0. The summed E-state index contributed by atoms with van der Waals surface area (Å²) >= 11 is 0. The van der Waals surface area contributed by atoms with Crippen LogP contribution in [0.4, 0.5) is 34.1 Å². The highest BCUT2D eigenvalue weighted by Crippen LogP contribution is 2.53. The van der Waals surface area contributed by atoms with Gasteiger partial charge < -0.3 is 4.74 Å². The molecule has 3 aromatic rings. The summed E-state index contributed by atoms with van der Waals surface area (Å²) < 4.78 is 5.76. The zero-order valence-corrected chi connectivity index (χ0v) is 14.4. The Labute approximate surface area is 161 Å². The van der Waals surface area contributed by atoms with Crippen molar-refractivity contribution in [1.82, 2.24) is 0 Å². The number of fused-ring (bicyclic) bond motifs is 2. The van der Waals surface area contributed by atoms with Gasteiger partial charge in [0.1, 0.15) is 5.69 Å². The van der Waals surface area contributed by atoms with Crippen molar-refractivity contribution in [3.8, 4) is 11.5 Å². The van der Waals surface area contributed by atoms with Gasteiger partial charge in [-0.3, -0.25) is 35.2 Å². The molecule has 144 valence electrons. The molecular weight excluding hydrogens is 384 g/mol. The second-order valence-corrected chi connectivity index (χ2v) is 6.00. The number of para-hydroxylation sites is 2. The quantitative estimate of drug-likeness (QED) is 0.348. The van der Waals surface area contributed by atoms with Crippen LogP contribution in [-0.4, -0.2) is 14.8 Å². The van der Waals surface area contributed by atoms with Crippen LogP contribution in [0.3, 0.4) is 0 Å². The third kappa shape index (κ3) is 2.96. The molecule has 0 aliphatic carbocycles. The lowest BCUT2D eigenvalue weighted by Crippen LogP contribution is -2.17. The van der Waals surface area contributed by atoms with Crippen LogP contribution in [0.25, 0.3) is 0 Å². The Kier molecular flexibility index (Phi) is 4.04. The number of rotatable bonds is 4. The molecule has 1 aliphatic rings. The third-order valence-electron chi connectivity index (χ3n) is 4.33. The molecule has 3 aromatic carbocycles. The summed E-state index contributed by atoms with van der Waals surface area (Å²) in [4.78, 5) is 33.3.